The number of benzene rings is 2. The SMILES string of the molecule is OCC1CCN(C2CCCN(Cc3cccc4ccccc34)C2)CC1. The van der Waals surface area contributed by atoms with E-state index in [1.165, 1.54) is 42.3 Å². The van der Waals surface area contributed by atoms with E-state index in [4.69, 9.17) is 0 Å². The molecular formula is C22H30N2O. The maximum Gasteiger partial charge on any atom is 0.0460 e. The Balaban J connectivity index is 1.41. The van der Waals surface area contributed by atoms with Crippen molar-refractivity contribution in [1.29, 1.82) is 0 Å². The van der Waals surface area contributed by atoms with E-state index in [2.05, 4.69) is 52.3 Å². The quantitative estimate of drug-likeness (QED) is 0.924. The molecule has 0 radical (unpaired) electrons. The number of hydrogen-bond donors (Lipinski definition) is 1. The summed E-state index contributed by atoms with van der Waals surface area (Å²) in [6, 6.07) is 16.1. The van der Waals surface area contributed by atoms with Crippen LogP contribution in [-0.2, 0) is 6.54 Å². The van der Waals surface area contributed by atoms with Crippen molar-refractivity contribution in [3.63, 3.8) is 0 Å². The van der Waals surface area contributed by atoms with Gasteiger partial charge in [0.05, 0.1) is 0 Å². The molecule has 2 aromatic carbocycles. The van der Waals surface area contributed by atoms with Crippen LogP contribution in [0.3, 0.4) is 0 Å². The van der Waals surface area contributed by atoms with Gasteiger partial charge in [-0.1, -0.05) is 42.5 Å². The van der Waals surface area contributed by atoms with Gasteiger partial charge in [-0.05, 0) is 67.6 Å². The third-order valence-corrected chi connectivity index (χ3v) is 6.18. The topological polar surface area (TPSA) is 26.7 Å². The number of likely N-dealkylation sites (tertiary alicyclic amines) is 2. The summed E-state index contributed by atoms with van der Waals surface area (Å²) in [6.07, 6.45) is 4.96. The van der Waals surface area contributed by atoms with E-state index in [-0.39, 0.29) is 0 Å². The Hall–Kier alpha value is -1.42. The maximum absolute atomic E-state index is 9.35. The van der Waals surface area contributed by atoms with Gasteiger partial charge in [0, 0.05) is 25.7 Å². The van der Waals surface area contributed by atoms with Crippen LogP contribution in [0.4, 0.5) is 0 Å². The summed E-state index contributed by atoms with van der Waals surface area (Å²) < 4.78 is 0. The van der Waals surface area contributed by atoms with Gasteiger partial charge in [0.25, 0.3) is 0 Å². The van der Waals surface area contributed by atoms with E-state index in [0.29, 0.717) is 18.6 Å². The molecule has 0 saturated carbocycles. The van der Waals surface area contributed by atoms with Crippen LogP contribution in [0.2, 0.25) is 0 Å². The lowest BCUT2D eigenvalue weighted by Crippen LogP contribution is -2.50. The lowest BCUT2D eigenvalue weighted by atomic mass is 9.94. The fourth-order valence-corrected chi connectivity index (χ4v) is 4.64. The van der Waals surface area contributed by atoms with Crippen LogP contribution in [0, 0.1) is 5.92 Å². The minimum Gasteiger partial charge on any atom is -0.396 e. The van der Waals surface area contributed by atoms with E-state index in [9.17, 15) is 5.11 Å². The van der Waals surface area contributed by atoms with Crippen molar-refractivity contribution in [1.82, 2.24) is 9.80 Å². The summed E-state index contributed by atoms with van der Waals surface area (Å²) in [6.45, 7) is 6.16. The molecule has 134 valence electrons. The smallest absolute Gasteiger partial charge is 0.0460 e. The van der Waals surface area contributed by atoms with Gasteiger partial charge in [0.2, 0.25) is 0 Å². The zero-order valence-corrected chi connectivity index (χ0v) is 15.1. The minimum atomic E-state index is 0.367. The highest BCUT2D eigenvalue weighted by Gasteiger charge is 2.28. The van der Waals surface area contributed by atoms with Gasteiger partial charge in [0.1, 0.15) is 0 Å². The Labute approximate surface area is 151 Å². The van der Waals surface area contributed by atoms with Crippen LogP contribution >= 0.6 is 0 Å². The predicted octanol–water partition coefficient (Wildman–Crippen LogP) is 3.51. The molecule has 2 fully saturated rings. The Kier molecular flexibility index (Phi) is 5.35. The third kappa shape index (κ3) is 3.89. The Bertz CT molecular complexity index is 688. The van der Waals surface area contributed by atoms with Crippen LogP contribution in [0.5, 0.6) is 0 Å². The van der Waals surface area contributed by atoms with E-state index >= 15 is 0 Å². The molecule has 0 bridgehead atoms. The number of fused-ring (bicyclic) bond motifs is 1. The average molecular weight is 338 g/mol. The molecule has 1 atom stereocenters. The van der Waals surface area contributed by atoms with E-state index in [1.807, 2.05) is 0 Å². The first-order chi connectivity index (χ1) is 12.3. The second-order valence-electron chi connectivity index (χ2n) is 7.83. The van der Waals surface area contributed by atoms with Gasteiger partial charge >= 0.3 is 0 Å². The summed E-state index contributed by atoms with van der Waals surface area (Å²) in [5, 5.41) is 12.1. The second-order valence-corrected chi connectivity index (χ2v) is 7.83. The molecule has 0 aromatic heterocycles. The van der Waals surface area contributed by atoms with Crippen molar-refractivity contribution in [2.24, 2.45) is 5.92 Å². The number of hydrogen-bond acceptors (Lipinski definition) is 3. The van der Waals surface area contributed by atoms with Crippen LogP contribution in [0.15, 0.2) is 42.5 Å². The van der Waals surface area contributed by atoms with Crippen LogP contribution < -0.4 is 0 Å². The Morgan fingerprint density at radius 1 is 0.920 bits per heavy atom. The van der Waals surface area contributed by atoms with E-state index in [1.54, 1.807) is 0 Å². The van der Waals surface area contributed by atoms with Gasteiger partial charge in [-0.2, -0.15) is 0 Å². The lowest BCUT2D eigenvalue weighted by molar-refractivity contribution is 0.0545. The Morgan fingerprint density at radius 3 is 2.56 bits per heavy atom. The molecule has 25 heavy (non-hydrogen) atoms. The molecule has 2 heterocycles. The first-order valence-electron chi connectivity index (χ1n) is 9.87. The maximum atomic E-state index is 9.35. The fourth-order valence-electron chi connectivity index (χ4n) is 4.64. The van der Waals surface area contributed by atoms with Gasteiger partial charge in [-0.15, -0.1) is 0 Å². The van der Waals surface area contributed by atoms with Crippen LogP contribution in [0.25, 0.3) is 10.8 Å². The molecular weight excluding hydrogens is 308 g/mol. The molecule has 2 aliphatic heterocycles. The van der Waals surface area contributed by atoms with Crippen molar-refractivity contribution in [3.8, 4) is 0 Å². The molecule has 3 nitrogen and oxygen atoms in total. The first kappa shape index (κ1) is 17.0. The van der Waals surface area contributed by atoms with Crippen molar-refractivity contribution in [2.75, 3.05) is 32.8 Å². The average Bonchev–Trinajstić information content (AvgIpc) is 2.69. The predicted molar refractivity (Wildman–Crippen MR) is 104 cm³/mol. The molecule has 0 amide bonds. The number of aliphatic hydroxyl groups is 1. The highest BCUT2D eigenvalue weighted by molar-refractivity contribution is 5.85. The van der Waals surface area contributed by atoms with Crippen LogP contribution in [0.1, 0.15) is 31.2 Å². The third-order valence-electron chi connectivity index (χ3n) is 6.18. The summed E-state index contributed by atoms with van der Waals surface area (Å²) >= 11 is 0. The zero-order chi connectivity index (χ0) is 17.1. The van der Waals surface area contributed by atoms with Gasteiger partial charge in [-0.25, -0.2) is 0 Å². The van der Waals surface area contributed by atoms with E-state index in [0.717, 1.165) is 32.5 Å². The van der Waals surface area contributed by atoms with Crippen LogP contribution in [-0.4, -0.2) is 53.7 Å². The molecule has 4 rings (SSSR count). The largest absolute Gasteiger partial charge is 0.396 e. The van der Waals surface area contributed by atoms with Gasteiger partial charge in [0.15, 0.2) is 0 Å². The number of aliphatic hydroxyl groups excluding tert-OH is 1. The Morgan fingerprint density at radius 2 is 1.72 bits per heavy atom. The molecule has 0 spiro atoms. The summed E-state index contributed by atoms with van der Waals surface area (Å²) in [5.41, 5.74) is 1.46. The van der Waals surface area contributed by atoms with Crippen molar-refractivity contribution in [2.45, 2.75) is 38.3 Å². The van der Waals surface area contributed by atoms with Crippen molar-refractivity contribution >= 4 is 10.8 Å². The molecule has 1 unspecified atom stereocenters. The standard InChI is InChI=1S/C22H30N2O/c25-17-18-10-13-24(14-11-18)21-8-4-12-23(16-21)15-20-7-3-6-19-5-1-2-9-22(19)20/h1-3,5-7,9,18,21,25H,4,8,10-17H2. The summed E-state index contributed by atoms with van der Waals surface area (Å²) in [4.78, 5) is 5.33. The lowest BCUT2D eigenvalue weighted by Gasteiger charge is -2.42. The molecule has 2 saturated heterocycles. The van der Waals surface area contributed by atoms with E-state index < -0.39 is 0 Å². The van der Waals surface area contributed by atoms with Gasteiger partial charge in [-0.3, -0.25) is 9.80 Å². The fraction of sp³-hybridized carbons (Fsp3) is 0.545. The number of rotatable bonds is 4. The molecule has 3 heteroatoms. The van der Waals surface area contributed by atoms with Gasteiger partial charge < -0.3 is 5.11 Å². The normalized spacial score (nSPS) is 24.0. The molecule has 2 aromatic rings. The summed E-state index contributed by atoms with van der Waals surface area (Å²) in [5.74, 6) is 0.534. The zero-order valence-electron chi connectivity index (χ0n) is 15.1. The highest BCUT2D eigenvalue weighted by atomic mass is 16.3. The monoisotopic (exact) mass is 338 g/mol. The summed E-state index contributed by atoms with van der Waals surface area (Å²) in [7, 11) is 0. The van der Waals surface area contributed by atoms with Crippen molar-refractivity contribution < 1.29 is 5.11 Å². The van der Waals surface area contributed by atoms with Crippen molar-refractivity contribution in [3.05, 3.63) is 48.0 Å². The molecule has 2 aliphatic rings. The molecule has 0 aliphatic carbocycles. The minimum absolute atomic E-state index is 0.367. The molecule has 1 N–H and O–H groups in total. The number of piperidine rings is 2. The second kappa shape index (κ2) is 7.86. The highest BCUT2D eigenvalue weighted by Crippen LogP contribution is 2.25. The number of nitrogens with zero attached hydrogens (tertiary/aromatic N) is 2. The first-order valence-corrected chi connectivity index (χ1v) is 9.87.